The SMILES string of the molecule is CCN(Cc1cccnc1Cl)c1ccccc1. The van der Waals surface area contributed by atoms with E-state index in [4.69, 9.17) is 11.6 Å². The Morgan fingerprint density at radius 3 is 2.53 bits per heavy atom. The highest BCUT2D eigenvalue weighted by atomic mass is 35.5. The van der Waals surface area contributed by atoms with E-state index in [-0.39, 0.29) is 0 Å². The maximum Gasteiger partial charge on any atom is 0.133 e. The molecular formula is C14H15ClN2. The summed E-state index contributed by atoms with van der Waals surface area (Å²) < 4.78 is 0. The van der Waals surface area contributed by atoms with E-state index in [9.17, 15) is 0 Å². The molecule has 88 valence electrons. The van der Waals surface area contributed by atoms with Gasteiger partial charge in [-0.3, -0.25) is 0 Å². The predicted molar refractivity (Wildman–Crippen MR) is 72.4 cm³/mol. The molecule has 2 aromatic rings. The molecule has 1 heterocycles. The topological polar surface area (TPSA) is 16.1 Å². The highest BCUT2D eigenvalue weighted by Crippen LogP contribution is 2.19. The second-order valence-electron chi connectivity index (χ2n) is 3.80. The fourth-order valence-electron chi connectivity index (χ4n) is 1.77. The van der Waals surface area contributed by atoms with Gasteiger partial charge in [-0.15, -0.1) is 0 Å². The first-order valence-corrected chi connectivity index (χ1v) is 6.08. The lowest BCUT2D eigenvalue weighted by molar-refractivity contribution is 0.828. The fraction of sp³-hybridized carbons (Fsp3) is 0.214. The number of benzene rings is 1. The van der Waals surface area contributed by atoms with Crippen molar-refractivity contribution in [2.45, 2.75) is 13.5 Å². The van der Waals surface area contributed by atoms with Crippen LogP contribution in [-0.2, 0) is 6.54 Å². The maximum atomic E-state index is 6.07. The zero-order chi connectivity index (χ0) is 12.1. The zero-order valence-corrected chi connectivity index (χ0v) is 10.6. The third kappa shape index (κ3) is 2.98. The van der Waals surface area contributed by atoms with Crippen molar-refractivity contribution >= 4 is 17.3 Å². The Morgan fingerprint density at radius 1 is 1.12 bits per heavy atom. The molecule has 0 fully saturated rings. The van der Waals surface area contributed by atoms with Crippen LogP contribution in [0.5, 0.6) is 0 Å². The summed E-state index contributed by atoms with van der Waals surface area (Å²) in [6.45, 7) is 3.86. The van der Waals surface area contributed by atoms with Crippen LogP contribution < -0.4 is 4.90 Å². The molecule has 17 heavy (non-hydrogen) atoms. The summed E-state index contributed by atoms with van der Waals surface area (Å²) in [5.74, 6) is 0. The van der Waals surface area contributed by atoms with E-state index in [0.717, 1.165) is 18.7 Å². The number of halogens is 1. The number of anilines is 1. The number of aromatic nitrogens is 1. The van der Waals surface area contributed by atoms with Gasteiger partial charge in [0, 0.05) is 30.5 Å². The third-order valence-electron chi connectivity index (χ3n) is 2.70. The van der Waals surface area contributed by atoms with Crippen LogP contribution in [0, 0.1) is 0 Å². The lowest BCUT2D eigenvalue weighted by Crippen LogP contribution is -2.22. The molecule has 0 aliphatic heterocycles. The van der Waals surface area contributed by atoms with Gasteiger partial charge in [-0.25, -0.2) is 4.98 Å². The minimum atomic E-state index is 0.585. The molecule has 2 rings (SSSR count). The standard InChI is InChI=1S/C14H15ClN2/c1-2-17(13-8-4-3-5-9-13)11-12-7-6-10-16-14(12)15/h3-10H,2,11H2,1H3. The lowest BCUT2D eigenvalue weighted by Gasteiger charge is -2.23. The van der Waals surface area contributed by atoms with Gasteiger partial charge in [0.1, 0.15) is 5.15 Å². The van der Waals surface area contributed by atoms with Gasteiger partial charge >= 0.3 is 0 Å². The van der Waals surface area contributed by atoms with Gasteiger partial charge < -0.3 is 4.90 Å². The van der Waals surface area contributed by atoms with Crippen LogP contribution in [0.15, 0.2) is 48.7 Å². The van der Waals surface area contributed by atoms with Crippen LogP contribution in [0.4, 0.5) is 5.69 Å². The molecule has 0 saturated heterocycles. The van der Waals surface area contributed by atoms with Crippen molar-refractivity contribution in [3.8, 4) is 0 Å². The quantitative estimate of drug-likeness (QED) is 0.764. The molecule has 0 unspecified atom stereocenters. The van der Waals surface area contributed by atoms with Crippen LogP contribution in [0.2, 0.25) is 5.15 Å². The molecule has 3 heteroatoms. The Kier molecular flexibility index (Phi) is 3.99. The van der Waals surface area contributed by atoms with Gasteiger partial charge in [0.25, 0.3) is 0 Å². The van der Waals surface area contributed by atoms with E-state index < -0.39 is 0 Å². The molecule has 0 bridgehead atoms. The summed E-state index contributed by atoms with van der Waals surface area (Å²) in [6, 6.07) is 14.3. The molecule has 1 aromatic heterocycles. The van der Waals surface area contributed by atoms with Gasteiger partial charge in [-0.05, 0) is 25.1 Å². The van der Waals surface area contributed by atoms with E-state index in [0.29, 0.717) is 5.15 Å². The van der Waals surface area contributed by atoms with Crippen molar-refractivity contribution in [3.05, 3.63) is 59.4 Å². The van der Waals surface area contributed by atoms with E-state index in [1.54, 1.807) is 6.20 Å². The van der Waals surface area contributed by atoms with Crippen molar-refractivity contribution < 1.29 is 0 Å². The van der Waals surface area contributed by atoms with E-state index >= 15 is 0 Å². The largest absolute Gasteiger partial charge is 0.367 e. The molecule has 0 saturated carbocycles. The highest BCUT2D eigenvalue weighted by Gasteiger charge is 2.07. The first-order valence-electron chi connectivity index (χ1n) is 5.70. The molecule has 0 aliphatic carbocycles. The molecular weight excluding hydrogens is 232 g/mol. The van der Waals surface area contributed by atoms with Crippen LogP contribution in [0.3, 0.4) is 0 Å². The molecule has 2 nitrogen and oxygen atoms in total. The van der Waals surface area contributed by atoms with Gasteiger partial charge in [0.2, 0.25) is 0 Å². The molecule has 1 aromatic carbocycles. The summed E-state index contributed by atoms with van der Waals surface area (Å²) >= 11 is 6.07. The summed E-state index contributed by atoms with van der Waals surface area (Å²) in [5, 5.41) is 0.585. The summed E-state index contributed by atoms with van der Waals surface area (Å²) in [5.41, 5.74) is 2.26. The summed E-state index contributed by atoms with van der Waals surface area (Å²) in [7, 11) is 0. The second kappa shape index (κ2) is 5.69. The number of hydrogen-bond acceptors (Lipinski definition) is 2. The Labute approximate surface area is 107 Å². The Balaban J connectivity index is 2.19. The minimum absolute atomic E-state index is 0.585. The average Bonchev–Trinajstić information content (AvgIpc) is 2.39. The molecule has 0 amide bonds. The lowest BCUT2D eigenvalue weighted by atomic mass is 10.2. The average molecular weight is 247 g/mol. The summed E-state index contributed by atoms with van der Waals surface area (Å²) in [4.78, 5) is 6.37. The Bertz CT molecular complexity index is 471. The molecule has 0 atom stereocenters. The van der Waals surface area contributed by atoms with Gasteiger partial charge in [-0.1, -0.05) is 35.9 Å². The number of rotatable bonds is 4. The van der Waals surface area contributed by atoms with E-state index in [2.05, 4.69) is 28.9 Å². The second-order valence-corrected chi connectivity index (χ2v) is 4.16. The van der Waals surface area contributed by atoms with Crippen molar-refractivity contribution in [2.24, 2.45) is 0 Å². The van der Waals surface area contributed by atoms with Crippen LogP contribution in [0.25, 0.3) is 0 Å². The molecule has 0 N–H and O–H groups in total. The number of nitrogens with zero attached hydrogens (tertiary/aromatic N) is 2. The Hall–Kier alpha value is -1.54. The highest BCUT2D eigenvalue weighted by molar-refractivity contribution is 6.30. The zero-order valence-electron chi connectivity index (χ0n) is 9.81. The summed E-state index contributed by atoms with van der Waals surface area (Å²) in [6.07, 6.45) is 1.71. The van der Waals surface area contributed by atoms with Gasteiger partial charge in [-0.2, -0.15) is 0 Å². The Morgan fingerprint density at radius 2 is 1.88 bits per heavy atom. The maximum absolute atomic E-state index is 6.07. The van der Waals surface area contributed by atoms with Crippen molar-refractivity contribution in [3.63, 3.8) is 0 Å². The number of para-hydroxylation sites is 1. The number of pyridine rings is 1. The number of hydrogen-bond donors (Lipinski definition) is 0. The first-order chi connectivity index (χ1) is 8.31. The van der Waals surface area contributed by atoms with Crippen molar-refractivity contribution in [1.29, 1.82) is 0 Å². The van der Waals surface area contributed by atoms with Gasteiger partial charge in [0.05, 0.1) is 0 Å². The predicted octanol–water partition coefficient (Wildman–Crippen LogP) is 3.76. The van der Waals surface area contributed by atoms with Crippen molar-refractivity contribution in [1.82, 2.24) is 4.98 Å². The smallest absolute Gasteiger partial charge is 0.133 e. The molecule has 0 spiro atoms. The normalized spacial score (nSPS) is 10.2. The van der Waals surface area contributed by atoms with Crippen LogP contribution in [0.1, 0.15) is 12.5 Å². The van der Waals surface area contributed by atoms with Crippen molar-refractivity contribution in [2.75, 3.05) is 11.4 Å². The van der Waals surface area contributed by atoms with E-state index in [1.165, 1.54) is 5.69 Å². The minimum Gasteiger partial charge on any atom is -0.367 e. The fourth-order valence-corrected chi connectivity index (χ4v) is 1.95. The molecule has 0 aliphatic rings. The van der Waals surface area contributed by atoms with Gasteiger partial charge in [0.15, 0.2) is 0 Å². The van der Waals surface area contributed by atoms with Crippen LogP contribution >= 0.6 is 11.6 Å². The first kappa shape index (κ1) is 11.9. The third-order valence-corrected chi connectivity index (χ3v) is 3.04. The van der Waals surface area contributed by atoms with E-state index in [1.807, 2.05) is 30.3 Å². The van der Waals surface area contributed by atoms with Crippen LogP contribution in [-0.4, -0.2) is 11.5 Å². The molecule has 0 radical (unpaired) electrons. The monoisotopic (exact) mass is 246 g/mol.